The molecule has 2 aromatic heterocycles. The van der Waals surface area contributed by atoms with Crippen molar-refractivity contribution in [1.29, 1.82) is 0 Å². The van der Waals surface area contributed by atoms with Crippen molar-refractivity contribution in [3.63, 3.8) is 0 Å². The molecule has 2 heterocycles. The second-order valence-electron chi connectivity index (χ2n) is 3.55. The van der Waals surface area contributed by atoms with Crippen LogP contribution in [-0.4, -0.2) is 15.0 Å². The van der Waals surface area contributed by atoms with Gasteiger partial charge in [-0.05, 0) is 0 Å². The van der Waals surface area contributed by atoms with Gasteiger partial charge < -0.3 is 4.98 Å². The van der Waals surface area contributed by atoms with E-state index < -0.39 is 0 Å². The molecular formula is C10H11N3OS. The van der Waals surface area contributed by atoms with Gasteiger partial charge in [0.2, 0.25) is 0 Å². The minimum Gasteiger partial charge on any atom is -0.312 e. The van der Waals surface area contributed by atoms with Crippen molar-refractivity contribution in [1.82, 2.24) is 15.0 Å². The van der Waals surface area contributed by atoms with E-state index in [0.717, 1.165) is 28.4 Å². The fraction of sp³-hybridized carbons (Fsp3) is 0.300. The van der Waals surface area contributed by atoms with Gasteiger partial charge in [0, 0.05) is 29.3 Å². The van der Waals surface area contributed by atoms with Crippen LogP contribution in [0.2, 0.25) is 0 Å². The van der Waals surface area contributed by atoms with Crippen LogP contribution in [0.4, 0.5) is 0 Å². The van der Waals surface area contributed by atoms with Crippen molar-refractivity contribution >= 4 is 11.3 Å². The van der Waals surface area contributed by atoms with Gasteiger partial charge in [-0.3, -0.25) is 4.79 Å². The molecule has 2 rings (SSSR count). The summed E-state index contributed by atoms with van der Waals surface area (Å²) in [5.74, 6) is 1.14. The third kappa shape index (κ3) is 2.12. The second-order valence-corrected chi connectivity index (χ2v) is 4.39. The standard InChI is InChI=1S/C10H11N3OS/c1-6(2)9-11-3-7(4-12-9)8-5-15-10(14)13-8/h3-6H,1-2H3,(H,13,14). The molecule has 2 aromatic rings. The lowest BCUT2D eigenvalue weighted by atomic mass is 10.2. The fourth-order valence-corrected chi connectivity index (χ4v) is 1.79. The molecule has 15 heavy (non-hydrogen) atoms. The SMILES string of the molecule is CC(C)c1ncc(-c2csc(=O)[nH]2)cn1. The molecular weight excluding hydrogens is 210 g/mol. The van der Waals surface area contributed by atoms with Gasteiger partial charge in [0.15, 0.2) is 0 Å². The number of hydrogen-bond acceptors (Lipinski definition) is 4. The minimum atomic E-state index is -0.0575. The molecule has 0 bridgehead atoms. The summed E-state index contributed by atoms with van der Waals surface area (Å²) in [6.45, 7) is 4.09. The highest BCUT2D eigenvalue weighted by Crippen LogP contribution is 2.16. The number of H-pyrrole nitrogens is 1. The summed E-state index contributed by atoms with van der Waals surface area (Å²) in [6.07, 6.45) is 3.47. The minimum absolute atomic E-state index is 0.0575. The second kappa shape index (κ2) is 3.94. The van der Waals surface area contributed by atoms with Gasteiger partial charge in [0.25, 0.3) is 0 Å². The average Bonchev–Trinajstić information content (AvgIpc) is 2.65. The zero-order chi connectivity index (χ0) is 10.8. The van der Waals surface area contributed by atoms with Crippen LogP contribution in [0, 0.1) is 0 Å². The molecule has 0 spiro atoms. The molecule has 4 nitrogen and oxygen atoms in total. The van der Waals surface area contributed by atoms with E-state index in [-0.39, 0.29) is 4.87 Å². The van der Waals surface area contributed by atoms with Gasteiger partial charge in [-0.2, -0.15) is 0 Å². The molecule has 0 unspecified atom stereocenters. The van der Waals surface area contributed by atoms with E-state index in [1.54, 1.807) is 17.8 Å². The van der Waals surface area contributed by atoms with Crippen LogP contribution in [0.15, 0.2) is 22.6 Å². The quantitative estimate of drug-likeness (QED) is 0.844. The van der Waals surface area contributed by atoms with Crippen LogP contribution in [0.1, 0.15) is 25.6 Å². The number of nitrogens with zero attached hydrogens (tertiary/aromatic N) is 2. The predicted octanol–water partition coefficient (Wildman–Crippen LogP) is 2.02. The van der Waals surface area contributed by atoms with E-state index in [4.69, 9.17) is 0 Å². The summed E-state index contributed by atoms with van der Waals surface area (Å²) in [4.78, 5) is 22.1. The van der Waals surface area contributed by atoms with Crippen LogP contribution in [0.25, 0.3) is 11.3 Å². The van der Waals surface area contributed by atoms with Crippen LogP contribution in [0.5, 0.6) is 0 Å². The van der Waals surface area contributed by atoms with E-state index in [0.29, 0.717) is 5.92 Å². The Hall–Kier alpha value is -1.49. The lowest BCUT2D eigenvalue weighted by Crippen LogP contribution is -1.97. The highest BCUT2D eigenvalue weighted by molar-refractivity contribution is 7.07. The molecule has 0 amide bonds. The number of thiazole rings is 1. The van der Waals surface area contributed by atoms with E-state index >= 15 is 0 Å². The van der Waals surface area contributed by atoms with E-state index in [2.05, 4.69) is 15.0 Å². The van der Waals surface area contributed by atoms with Crippen LogP contribution in [-0.2, 0) is 0 Å². The first-order valence-corrected chi connectivity index (χ1v) is 5.55. The Morgan fingerprint density at radius 3 is 2.47 bits per heavy atom. The van der Waals surface area contributed by atoms with E-state index in [1.807, 2.05) is 13.8 Å². The molecule has 0 aliphatic rings. The molecule has 0 aromatic carbocycles. The summed E-state index contributed by atoms with van der Waals surface area (Å²) >= 11 is 1.14. The first kappa shape index (κ1) is 10.0. The molecule has 0 atom stereocenters. The highest BCUT2D eigenvalue weighted by Gasteiger charge is 2.04. The maximum absolute atomic E-state index is 11.0. The van der Waals surface area contributed by atoms with Gasteiger partial charge in [0.1, 0.15) is 5.82 Å². The average molecular weight is 221 g/mol. The zero-order valence-electron chi connectivity index (χ0n) is 8.52. The number of aromatic amines is 1. The van der Waals surface area contributed by atoms with Crippen molar-refractivity contribution in [3.8, 4) is 11.3 Å². The molecule has 0 radical (unpaired) electrons. The smallest absolute Gasteiger partial charge is 0.304 e. The lowest BCUT2D eigenvalue weighted by Gasteiger charge is -2.02. The van der Waals surface area contributed by atoms with Gasteiger partial charge >= 0.3 is 4.87 Å². The van der Waals surface area contributed by atoms with Crippen LogP contribution >= 0.6 is 11.3 Å². The Labute approximate surface area is 91.0 Å². The lowest BCUT2D eigenvalue weighted by molar-refractivity contribution is 0.774. The Kier molecular flexibility index (Phi) is 2.64. The predicted molar refractivity (Wildman–Crippen MR) is 60.1 cm³/mol. The molecule has 0 aliphatic carbocycles. The first-order chi connectivity index (χ1) is 7.16. The summed E-state index contributed by atoms with van der Waals surface area (Å²) < 4.78 is 0. The van der Waals surface area contributed by atoms with Gasteiger partial charge in [0.05, 0.1) is 5.69 Å². The van der Waals surface area contributed by atoms with E-state index in [1.165, 1.54) is 0 Å². The maximum atomic E-state index is 11.0. The third-order valence-corrected chi connectivity index (χ3v) is 2.69. The Morgan fingerprint density at radius 2 is 2.00 bits per heavy atom. The topological polar surface area (TPSA) is 58.6 Å². The third-order valence-electron chi connectivity index (χ3n) is 2.02. The summed E-state index contributed by atoms with van der Waals surface area (Å²) in [5.41, 5.74) is 1.62. The van der Waals surface area contributed by atoms with Gasteiger partial charge in [-0.25, -0.2) is 9.97 Å². The Balaban J connectivity index is 2.35. The van der Waals surface area contributed by atoms with Gasteiger partial charge in [-0.15, -0.1) is 0 Å². The largest absolute Gasteiger partial charge is 0.312 e. The van der Waals surface area contributed by atoms with Crippen molar-refractivity contribution < 1.29 is 0 Å². The normalized spacial score (nSPS) is 10.9. The summed E-state index contributed by atoms with van der Waals surface area (Å²) in [7, 11) is 0. The number of rotatable bonds is 2. The van der Waals surface area contributed by atoms with Crippen LogP contribution in [0.3, 0.4) is 0 Å². The van der Waals surface area contributed by atoms with Crippen molar-refractivity contribution in [2.24, 2.45) is 0 Å². The van der Waals surface area contributed by atoms with Crippen LogP contribution < -0.4 is 4.87 Å². The van der Waals surface area contributed by atoms with E-state index in [9.17, 15) is 4.79 Å². The molecule has 0 fully saturated rings. The number of nitrogens with one attached hydrogen (secondary N) is 1. The van der Waals surface area contributed by atoms with Crippen molar-refractivity contribution in [3.05, 3.63) is 33.3 Å². The first-order valence-electron chi connectivity index (χ1n) is 4.67. The van der Waals surface area contributed by atoms with Gasteiger partial charge in [-0.1, -0.05) is 25.2 Å². The molecule has 5 heteroatoms. The number of hydrogen-bond donors (Lipinski definition) is 1. The Morgan fingerprint density at radius 1 is 1.33 bits per heavy atom. The molecule has 0 aliphatic heterocycles. The summed E-state index contributed by atoms with van der Waals surface area (Å²) in [5, 5.41) is 1.77. The monoisotopic (exact) mass is 221 g/mol. The van der Waals surface area contributed by atoms with Crippen molar-refractivity contribution in [2.75, 3.05) is 0 Å². The molecule has 1 N–H and O–H groups in total. The summed E-state index contributed by atoms with van der Waals surface area (Å²) in [6, 6.07) is 0. The number of aromatic nitrogens is 3. The zero-order valence-corrected chi connectivity index (χ0v) is 9.34. The Bertz CT molecular complexity index is 498. The maximum Gasteiger partial charge on any atom is 0.304 e. The fourth-order valence-electron chi connectivity index (χ4n) is 1.20. The molecule has 0 saturated heterocycles. The molecule has 0 saturated carbocycles. The highest BCUT2D eigenvalue weighted by atomic mass is 32.1. The molecule has 78 valence electrons. The van der Waals surface area contributed by atoms with Crippen molar-refractivity contribution in [2.45, 2.75) is 19.8 Å².